The van der Waals surface area contributed by atoms with E-state index < -0.39 is 54.3 Å². The molecule has 1 N–H and O–H groups in total. The first-order valence-corrected chi connectivity index (χ1v) is 12.4. The van der Waals surface area contributed by atoms with Gasteiger partial charge in [-0.3, -0.25) is 9.52 Å². The summed E-state index contributed by atoms with van der Waals surface area (Å²) >= 11 is 0. The van der Waals surface area contributed by atoms with Crippen LogP contribution in [0.5, 0.6) is 5.75 Å². The first kappa shape index (κ1) is 23.9. The molecule has 1 amide bonds. The number of alkyl halides is 3. The maximum atomic E-state index is 13.0. The van der Waals surface area contributed by atoms with Crippen molar-refractivity contribution in [3.05, 3.63) is 48.0 Å². The normalized spacial score (nSPS) is 18.6. The highest BCUT2D eigenvalue weighted by atomic mass is 32.2. The number of ether oxygens (including phenoxy) is 1. The van der Waals surface area contributed by atoms with Crippen LogP contribution >= 0.6 is 0 Å². The number of carbonyl (C=O) groups is 1. The van der Waals surface area contributed by atoms with Gasteiger partial charge in [-0.25, -0.2) is 21.1 Å². The second kappa shape index (κ2) is 8.28. The molecule has 8 nitrogen and oxygen atoms in total. The molecule has 0 aromatic heterocycles. The third kappa shape index (κ3) is 4.67. The number of benzene rings is 2. The molecule has 1 heterocycles. The fraction of sp³-hybridized carbons (Fsp3) is 0.316. The maximum Gasteiger partial charge on any atom is 0.416 e. The van der Waals surface area contributed by atoms with Crippen LogP contribution in [0.1, 0.15) is 19.4 Å². The van der Waals surface area contributed by atoms with Crippen molar-refractivity contribution in [1.82, 2.24) is 0 Å². The molecule has 3 rings (SSSR count). The Bertz CT molecular complexity index is 1260. The van der Waals surface area contributed by atoms with E-state index in [1.54, 1.807) is 6.92 Å². The Morgan fingerprint density at radius 2 is 1.88 bits per heavy atom. The van der Waals surface area contributed by atoms with Gasteiger partial charge < -0.3 is 4.74 Å². The topological polar surface area (TPSA) is 110 Å². The molecule has 2 aromatic rings. The Balaban J connectivity index is 2.07. The standard InChI is InChI=1S/C19H19F3N2O6S2/c1-3-30-16-8-7-15(24-18(25)12(2)11-31(24,26)27)10-17(16)32(28,29)23-14-6-4-5-13(9-14)19(20,21)22/h4-10,12,23H,3,11H2,1-2H3. The van der Waals surface area contributed by atoms with Crippen molar-refractivity contribution in [2.45, 2.75) is 24.9 Å². The molecule has 1 unspecified atom stereocenters. The lowest BCUT2D eigenvalue weighted by atomic mass is 10.2. The van der Waals surface area contributed by atoms with Gasteiger partial charge in [0.1, 0.15) is 10.6 Å². The fourth-order valence-corrected chi connectivity index (χ4v) is 6.19. The van der Waals surface area contributed by atoms with Crippen LogP contribution in [0.3, 0.4) is 0 Å². The molecular weight excluding hydrogens is 473 g/mol. The summed E-state index contributed by atoms with van der Waals surface area (Å²) in [5.74, 6) is -2.12. The minimum absolute atomic E-state index is 0.0589. The zero-order valence-electron chi connectivity index (χ0n) is 16.9. The predicted octanol–water partition coefficient (Wildman–Crippen LogP) is 3.22. The van der Waals surface area contributed by atoms with Crippen LogP contribution in [0.4, 0.5) is 24.5 Å². The van der Waals surface area contributed by atoms with E-state index in [1.807, 2.05) is 4.72 Å². The first-order valence-electron chi connectivity index (χ1n) is 9.30. The third-order valence-corrected chi connectivity index (χ3v) is 7.82. The molecule has 0 bridgehead atoms. The number of rotatable bonds is 6. The summed E-state index contributed by atoms with van der Waals surface area (Å²) in [5, 5.41) is 0. The zero-order valence-corrected chi connectivity index (χ0v) is 18.5. The van der Waals surface area contributed by atoms with Crippen molar-refractivity contribution >= 4 is 37.3 Å². The minimum Gasteiger partial charge on any atom is -0.492 e. The van der Waals surface area contributed by atoms with Crippen LogP contribution in [-0.4, -0.2) is 35.1 Å². The van der Waals surface area contributed by atoms with Crippen molar-refractivity contribution in [3.63, 3.8) is 0 Å². The van der Waals surface area contributed by atoms with E-state index in [9.17, 15) is 34.8 Å². The molecule has 0 spiro atoms. The van der Waals surface area contributed by atoms with Crippen molar-refractivity contribution in [1.29, 1.82) is 0 Å². The van der Waals surface area contributed by atoms with Crippen LogP contribution in [0.15, 0.2) is 47.4 Å². The molecule has 1 atom stereocenters. The van der Waals surface area contributed by atoms with Crippen LogP contribution in [0, 0.1) is 5.92 Å². The molecule has 1 aliphatic heterocycles. The molecule has 0 radical (unpaired) electrons. The SMILES string of the molecule is CCOc1ccc(N2C(=O)C(C)CS2(=O)=O)cc1S(=O)(=O)Nc1cccc(C(F)(F)F)c1. The van der Waals surface area contributed by atoms with Gasteiger partial charge in [0.15, 0.2) is 0 Å². The van der Waals surface area contributed by atoms with E-state index >= 15 is 0 Å². The highest BCUT2D eigenvalue weighted by molar-refractivity contribution is 7.94. The van der Waals surface area contributed by atoms with Crippen molar-refractivity contribution < 1.29 is 39.5 Å². The number of nitrogens with one attached hydrogen (secondary N) is 1. The Labute approximate surface area is 183 Å². The van der Waals surface area contributed by atoms with Crippen LogP contribution in [0.25, 0.3) is 0 Å². The Hall–Kier alpha value is -2.80. The van der Waals surface area contributed by atoms with Gasteiger partial charge in [0, 0.05) is 5.69 Å². The molecule has 32 heavy (non-hydrogen) atoms. The summed E-state index contributed by atoms with van der Waals surface area (Å²) in [4.78, 5) is 11.8. The van der Waals surface area contributed by atoms with Gasteiger partial charge in [0.05, 0.1) is 29.5 Å². The third-order valence-electron chi connectivity index (χ3n) is 4.55. The molecule has 174 valence electrons. The molecule has 13 heteroatoms. The number of sulfonamides is 2. The average Bonchev–Trinajstić information content (AvgIpc) is 2.88. The molecule has 1 fully saturated rings. The number of carbonyl (C=O) groups excluding carboxylic acids is 1. The van der Waals surface area contributed by atoms with Gasteiger partial charge in [-0.15, -0.1) is 0 Å². The van der Waals surface area contributed by atoms with Crippen LogP contribution in [0.2, 0.25) is 0 Å². The van der Waals surface area contributed by atoms with E-state index in [2.05, 4.69) is 0 Å². The number of halogens is 3. The van der Waals surface area contributed by atoms with E-state index in [-0.39, 0.29) is 23.7 Å². The van der Waals surface area contributed by atoms with Gasteiger partial charge in [0.25, 0.3) is 10.0 Å². The Morgan fingerprint density at radius 1 is 1.19 bits per heavy atom. The van der Waals surface area contributed by atoms with Gasteiger partial charge >= 0.3 is 6.18 Å². The second-order valence-corrected chi connectivity index (χ2v) is 10.5. The lowest BCUT2D eigenvalue weighted by Gasteiger charge is -2.19. The lowest BCUT2D eigenvalue weighted by Crippen LogP contribution is -2.30. The van der Waals surface area contributed by atoms with Crippen molar-refractivity contribution in [3.8, 4) is 5.75 Å². The number of hydrogen-bond acceptors (Lipinski definition) is 6. The summed E-state index contributed by atoms with van der Waals surface area (Å²) in [6.45, 7) is 3.07. The largest absolute Gasteiger partial charge is 0.492 e. The summed E-state index contributed by atoms with van der Waals surface area (Å²) in [6, 6.07) is 6.93. The van der Waals surface area contributed by atoms with E-state index in [0.29, 0.717) is 10.4 Å². The van der Waals surface area contributed by atoms with Gasteiger partial charge in [-0.05, 0) is 43.3 Å². The highest BCUT2D eigenvalue weighted by Gasteiger charge is 2.42. The molecule has 1 saturated heterocycles. The van der Waals surface area contributed by atoms with Gasteiger partial charge in [0.2, 0.25) is 15.9 Å². The summed E-state index contributed by atoms with van der Waals surface area (Å²) in [6.07, 6.45) is -4.68. The van der Waals surface area contributed by atoms with Crippen molar-refractivity contribution in [2.75, 3.05) is 21.4 Å². The number of amides is 1. The summed E-state index contributed by atoms with van der Waals surface area (Å²) in [7, 11) is -8.53. The molecule has 1 aliphatic rings. The minimum atomic E-state index is -4.68. The number of anilines is 2. The quantitative estimate of drug-likeness (QED) is 0.663. The predicted molar refractivity (Wildman–Crippen MR) is 110 cm³/mol. The monoisotopic (exact) mass is 492 g/mol. The van der Waals surface area contributed by atoms with Crippen LogP contribution in [-0.2, 0) is 31.0 Å². The molecule has 0 saturated carbocycles. The Morgan fingerprint density at radius 3 is 2.44 bits per heavy atom. The lowest BCUT2D eigenvalue weighted by molar-refractivity contribution is -0.137. The second-order valence-electron chi connectivity index (χ2n) is 7.03. The zero-order chi connectivity index (χ0) is 23.9. The Kier molecular flexibility index (Phi) is 6.17. The fourth-order valence-electron chi connectivity index (χ4n) is 3.16. The van der Waals surface area contributed by atoms with E-state index in [0.717, 1.165) is 24.3 Å². The molecule has 0 aliphatic carbocycles. The van der Waals surface area contributed by atoms with E-state index in [4.69, 9.17) is 4.74 Å². The average molecular weight is 492 g/mol. The first-order chi connectivity index (χ1) is 14.8. The summed E-state index contributed by atoms with van der Waals surface area (Å²) < 4.78 is 97.5. The van der Waals surface area contributed by atoms with Gasteiger partial charge in [-0.1, -0.05) is 13.0 Å². The maximum absolute atomic E-state index is 13.0. The smallest absolute Gasteiger partial charge is 0.416 e. The van der Waals surface area contributed by atoms with Gasteiger partial charge in [-0.2, -0.15) is 13.2 Å². The summed E-state index contributed by atoms with van der Waals surface area (Å²) in [5.41, 5.74) is -1.63. The number of nitrogens with zero attached hydrogens (tertiary/aromatic N) is 1. The van der Waals surface area contributed by atoms with E-state index in [1.165, 1.54) is 19.1 Å². The van der Waals surface area contributed by atoms with Crippen LogP contribution < -0.4 is 13.8 Å². The van der Waals surface area contributed by atoms with Crippen molar-refractivity contribution in [2.24, 2.45) is 5.92 Å². The molecule has 2 aromatic carbocycles. The highest BCUT2D eigenvalue weighted by Crippen LogP contribution is 2.36. The number of hydrogen-bond donors (Lipinski definition) is 1. The molecular formula is C19H19F3N2O6S2.